The van der Waals surface area contributed by atoms with Gasteiger partial charge in [0.05, 0.1) is 5.02 Å². The molecule has 0 atom stereocenters. The molecule has 0 radical (unpaired) electrons. The maximum atomic E-state index is 12.9. The van der Waals surface area contributed by atoms with E-state index in [9.17, 15) is 9.18 Å². The third-order valence-electron chi connectivity index (χ3n) is 2.38. The minimum Gasteiger partial charge on any atom is -0.472 e. The first-order chi connectivity index (χ1) is 9.11. The summed E-state index contributed by atoms with van der Waals surface area (Å²) in [6, 6.07) is 3.93. The van der Waals surface area contributed by atoms with Crippen molar-refractivity contribution in [3.05, 3.63) is 46.5 Å². The van der Waals surface area contributed by atoms with Crippen LogP contribution in [0.15, 0.2) is 24.5 Å². The van der Waals surface area contributed by atoms with E-state index in [0.717, 1.165) is 0 Å². The molecule has 0 fully saturated rings. The molecule has 1 heterocycles. The SMILES string of the molecule is Nc1ncnc(OCc2ccc(F)cc2Cl)c1C=O. The number of hydrogen-bond donors (Lipinski definition) is 1. The minimum atomic E-state index is -0.436. The van der Waals surface area contributed by atoms with Gasteiger partial charge >= 0.3 is 0 Å². The Bertz CT molecular complexity index is 622. The fraction of sp³-hybridized carbons (Fsp3) is 0.0833. The molecule has 2 aromatic rings. The molecule has 1 aromatic heterocycles. The maximum absolute atomic E-state index is 12.9. The van der Waals surface area contributed by atoms with Crippen LogP contribution >= 0.6 is 11.6 Å². The van der Waals surface area contributed by atoms with Gasteiger partial charge in [0.15, 0.2) is 6.29 Å². The standard InChI is InChI=1S/C12H9ClFN3O2/c13-10-3-8(14)2-1-7(10)5-19-12-9(4-18)11(15)16-6-17-12/h1-4,6H,5H2,(H2,15,16,17). The topological polar surface area (TPSA) is 78.1 Å². The number of rotatable bonds is 4. The van der Waals surface area contributed by atoms with Crippen molar-refractivity contribution in [3.8, 4) is 5.88 Å². The van der Waals surface area contributed by atoms with Crippen molar-refractivity contribution in [2.75, 3.05) is 5.73 Å². The predicted octanol–water partition coefficient (Wildman–Crippen LogP) is 2.24. The average molecular weight is 282 g/mol. The monoisotopic (exact) mass is 281 g/mol. The maximum Gasteiger partial charge on any atom is 0.229 e. The lowest BCUT2D eigenvalue weighted by Gasteiger charge is -2.09. The van der Waals surface area contributed by atoms with Gasteiger partial charge < -0.3 is 10.5 Å². The number of hydrogen-bond acceptors (Lipinski definition) is 5. The van der Waals surface area contributed by atoms with Crippen LogP contribution in [0.2, 0.25) is 5.02 Å². The van der Waals surface area contributed by atoms with Gasteiger partial charge in [0.25, 0.3) is 0 Å². The highest BCUT2D eigenvalue weighted by Crippen LogP contribution is 2.21. The van der Waals surface area contributed by atoms with Gasteiger partial charge in [-0.05, 0) is 12.1 Å². The van der Waals surface area contributed by atoms with Crippen molar-refractivity contribution in [3.63, 3.8) is 0 Å². The van der Waals surface area contributed by atoms with E-state index in [-0.39, 0.29) is 28.9 Å². The molecule has 0 spiro atoms. The number of halogens is 2. The summed E-state index contributed by atoms with van der Waals surface area (Å²) in [7, 11) is 0. The van der Waals surface area contributed by atoms with E-state index in [1.807, 2.05) is 0 Å². The molecule has 0 unspecified atom stereocenters. The van der Waals surface area contributed by atoms with Crippen molar-refractivity contribution in [2.24, 2.45) is 0 Å². The number of carbonyl (C=O) groups is 1. The lowest BCUT2D eigenvalue weighted by Crippen LogP contribution is -2.05. The Balaban J connectivity index is 2.19. The Morgan fingerprint density at radius 1 is 1.42 bits per heavy atom. The summed E-state index contributed by atoms with van der Waals surface area (Å²) in [6.07, 6.45) is 1.70. The van der Waals surface area contributed by atoms with Crippen LogP contribution in [0.3, 0.4) is 0 Å². The van der Waals surface area contributed by atoms with E-state index in [4.69, 9.17) is 22.1 Å². The first kappa shape index (κ1) is 13.2. The molecule has 1 aromatic carbocycles. The minimum absolute atomic E-state index is 0.0326. The van der Waals surface area contributed by atoms with E-state index in [0.29, 0.717) is 11.8 Å². The fourth-order valence-electron chi connectivity index (χ4n) is 1.40. The summed E-state index contributed by atoms with van der Waals surface area (Å²) in [5.74, 6) is -0.346. The molecule has 0 saturated heterocycles. The molecule has 98 valence electrons. The number of nitrogen functional groups attached to an aromatic ring is 1. The number of benzene rings is 1. The molecule has 0 bridgehead atoms. The summed E-state index contributed by atoms with van der Waals surface area (Å²) in [4.78, 5) is 18.3. The van der Waals surface area contributed by atoms with Crippen molar-refractivity contribution in [1.29, 1.82) is 0 Å². The summed E-state index contributed by atoms with van der Waals surface area (Å²) < 4.78 is 18.2. The van der Waals surface area contributed by atoms with Crippen LogP contribution in [0, 0.1) is 5.82 Å². The molecule has 0 amide bonds. The van der Waals surface area contributed by atoms with Gasteiger partial charge in [-0.3, -0.25) is 4.79 Å². The van der Waals surface area contributed by atoms with Gasteiger partial charge in [0.2, 0.25) is 5.88 Å². The zero-order valence-corrected chi connectivity index (χ0v) is 10.4. The normalized spacial score (nSPS) is 10.2. The molecule has 0 aliphatic rings. The zero-order valence-electron chi connectivity index (χ0n) is 9.64. The molecule has 0 aliphatic carbocycles. The summed E-state index contributed by atoms with van der Waals surface area (Å²) in [5.41, 5.74) is 6.15. The van der Waals surface area contributed by atoms with E-state index < -0.39 is 5.82 Å². The van der Waals surface area contributed by atoms with Crippen LogP contribution in [-0.4, -0.2) is 16.3 Å². The predicted molar refractivity (Wildman–Crippen MR) is 67.6 cm³/mol. The third kappa shape index (κ3) is 2.97. The van der Waals surface area contributed by atoms with Crippen LogP contribution in [-0.2, 0) is 6.61 Å². The second kappa shape index (κ2) is 5.62. The van der Waals surface area contributed by atoms with Crippen molar-refractivity contribution in [1.82, 2.24) is 9.97 Å². The van der Waals surface area contributed by atoms with Gasteiger partial charge in [-0.2, -0.15) is 0 Å². The summed E-state index contributed by atoms with van der Waals surface area (Å²) in [6.45, 7) is 0.0381. The van der Waals surface area contributed by atoms with Crippen molar-refractivity contribution in [2.45, 2.75) is 6.61 Å². The Morgan fingerprint density at radius 2 is 2.21 bits per heavy atom. The number of anilines is 1. The smallest absolute Gasteiger partial charge is 0.229 e. The Kier molecular flexibility index (Phi) is 3.91. The number of aromatic nitrogens is 2. The van der Waals surface area contributed by atoms with Crippen LogP contribution in [0.5, 0.6) is 5.88 Å². The Morgan fingerprint density at radius 3 is 2.89 bits per heavy atom. The molecule has 0 saturated carbocycles. The Labute approximate surface area is 113 Å². The lowest BCUT2D eigenvalue weighted by molar-refractivity contribution is 0.111. The van der Waals surface area contributed by atoms with Crippen molar-refractivity contribution >= 4 is 23.7 Å². The number of nitrogens with two attached hydrogens (primary N) is 1. The Hall–Kier alpha value is -2.21. The fourth-order valence-corrected chi connectivity index (χ4v) is 1.62. The number of nitrogens with zero attached hydrogens (tertiary/aromatic N) is 2. The first-order valence-corrected chi connectivity index (χ1v) is 5.62. The molecular weight excluding hydrogens is 273 g/mol. The number of aldehydes is 1. The summed E-state index contributed by atoms with van der Waals surface area (Å²) >= 11 is 5.85. The molecule has 2 rings (SSSR count). The van der Waals surface area contributed by atoms with Crippen LogP contribution in [0.4, 0.5) is 10.2 Å². The molecule has 0 aliphatic heterocycles. The van der Waals surface area contributed by atoms with Crippen LogP contribution < -0.4 is 10.5 Å². The molecule has 19 heavy (non-hydrogen) atoms. The third-order valence-corrected chi connectivity index (χ3v) is 2.73. The van der Waals surface area contributed by atoms with Crippen molar-refractivity contribution < 1.29 is 13.9 Å². The largest absolute Gasteiger partial charge is 0.472 e. The van der Waals surface area contributed by atoms with Gasteiger partial charge in [0.1, 0.15) is 30.1 Å². The second-order valence-corrected chi connectivity index (χ2v) is 4.03. The zero-order chi connectivity index (χ0) is 13.8. The van der Waals surface area contributed by atoms with E-state index in [1.165, 1.54) is 24.5 Å². The molecule has 7 heteroatoms. The van der Waals surface area contributed by atoms with Crippen LogP contribution in [0.25, 0.3) is 0 Å². The average Bonchev–Trinajstić information content (AvgIpc) is 2.38. The molecule has 2 N–H and O–H groups in total. The highest BCUT2D eigenvalue weighted by molar-refractivity contribution is 6.31. The highest BCUT2D eigenvalue weighted by Gasteiger charge is 2.10. The molecule has 5 nitrogen and oxygen atoms in total. The van der Waals surface area contributed by atoms with Gasteiger partial charge in [0, 0.05) is 5.56 Å². The molecular formula is C12H9ClFN3O2. The van der Waals surface area contributed by atoms with E-state index >= 15 is 0 Å². The van der Waals surface area contributed by atoms with E-state index in [1.54, 1.807) is 0 Å². The highest BCUT2D eigenvalue weighted by atomic mass is 35.5. The van der Waals surface area contributed by atoms with Gasteiger partial charge in [-0.15, -0.1) is 0 Å². The van der Waals surface area contributed by atoms with E-state index in [2.05, 4.69) is 9.97 Å². The first-order valence-electron chi connectivity index (χ1n) is 5.24. The number of ether oxygens (including phenoxy) is 1. The lowest BCUT2D eigenvalue weighted by atomic mass is 10.2. The number of carbonyl (C=O) groups excluding carboxylic acids is 1. The van der Waals surface area contributed by atoms with Gasteiger partial charge in [-0.1, -0.05) is 17.7 Å². The second-order valence-electron chi connectivity index (χ2n) is 3.62. The summed E-state index contributed by atoms with van der Waals surface area (Å²) in [5, 5.41) is 0.231. The van der Waals surface area contributed by atoms with Crippen LogP contribution in [0.1, 0.15) is 15.9 Å². The quantitative estimate of drug-likeness (QED) is 0.870. The van der Waals surface area contributed by atoms with Gasteiger partial charge in [-0.25, -0.2) is 14.4 Å².